The smallest absolute Gasteiger partial charge is 0.258 e. The molecule has 1 atom stereocenters. The molecule has 0 bridgehead atoms. The van der Waals surface area contributed by atoms with Gasteiger partial charge in [0.25, 0.3) is 5.91 Å². The summed E-state index contributed by atoms with van der Waals surface area (Å²) in [5.41, 5.74) is 1.50. The number of imidazole rings is 1. The number of fused-ring (bicyclic) bond motifs is 1. The summed E-state index contributed by atoms with van der Waals surface area (Å²) in [7, 11) is 1.89. The summed E-state index contributed by atoms with van der Waals surface area (Å²) >= 11 is 0. The number of hydrogen-bond donors (Lipinski definition) is 1. The third-order valence-electron chi connectivity index (χ3n) is 6.04. The van der Waals surface area contributed by atoms with Crippen molar-refractivity contribution in [1.82, 2.24) is 14.5 Å². The summed E-state index contributed by atoms with van der Waals surface area (Å²) in [5.74, 6) is 1.65. The number of carbonyl (C=O) groups is 1. The average molecular weight is 396 g/mol. The number of aromatic nitrogens is 2. The monoisotopic (exact) mass is 395 g/mol. The highest BCUT2D eigenvalue weighted by Crippen LogP contribution is 2.33. The molecule has 1 saturated heterocycles. The lowest BCUT2D eigenvalue weighted by Crippen LogP contribution is -2.40. The Balaban J connectivity index is 1.50. The number of para-hydroxylation sites is 1. The number of hydrogen-bond acceptors (Lipinski definition) is 4. The van der Waals surface area contributed by atoms with Crippen molar-refractivity contribution >= 4 is 16.9 Å². The van der Waals surface area contributed by atoms with Crippen LogP contribution in [0.5, 0.6) is 0 Å². The molecule has 4 rings (SSSR count). The number of benzene rings is 1. The van der Waals surface area contributed by atoms with Crippen molar-refractivity contribution in [1.29, 1.82) is 0 Å². The number of unbranched alkanes of at least 4 members (excludes halogenated alkanes) is 1. The Bertz CT molecular complexity index is 982. The third kappa shape index (κ3) is 3.81. The van der Waals surface area contributed by atoms with Crippen LogP contribution in [0.15, 0.2) is 41.1 Å². The Morgan fingerprint density at radius 1 is 1.31 bits per heavy atom. The van der Waals surface area contributed by atoms with Crippen LogP contribution in [-0.4, -0.2) is 38.6 Å². The highest BCUT2D eigenvalue weighted by atomic mass is 16.3. The van der Waals surface area contributed by atoms with Crippen molar-refractivity contribution in [3.8, 4) is 0 Å². The molecule has 154 valence electrons. The second kappa shape index (κ2) is 8.41. The minimum Gasteiger partial charge on any atom is -0.460 e. The molecule has 1 fully saturated rings. The van der Waals surface area contributed by atoms with E-state index < -0.39 is 6.10 Å². The van der Waals surface area contributed by atoms with E-state index in [4.69, 9.17) is 4.42 Å². The van der Waals surface area contributed by atoms with Gasteiger partial charge < -0.3 is 19.0 Å². The largest absolute Gasteiger partial charge is 0.460 e. The van der Waals surface area contributed by atoms with E-state index in [9.17, 15) is 9.90 Å². The van der Waals surface area contributed by atoms with E-state index in [-0.39, 0.29) is 11.8 Å². The minimum absolute atomic E-state index is 0.0472. The van der Waals surface area contributed by atoms with Crippen LogP contribution in [0.1, 0.15) is 60.7 Å². The van der Waals surface area contributed by atoms with Crippen LogP contribution in [0, 0.1) is 5.92 Å². The van der Waals surface area contributed by atoms with Gasteiger partial charge >= 0.3 is 0 Å². The van der Waals surface area contributed by atoms with Gasteiger partial charge in [-0.1, -0.05) is 31.5 Å². The molecule has 1 unspecified atom stereocenters. The summed E-state index contributed by atoms with van der Waals surface area (Å²) in [6.45, 7) is 3.41. The van der Waals surface area contributed by atoms with Gasteiger partial charge in [0.05, 0.1) is 5.56 Å². The van der Waals surface area contributed by atoms with Crippen molar-refractivity contribution in [2.45, 2.75) is 45.1 Å². The van der Waals surface area contributed by atoms with E-state index in [1.807, 2.05) is 47.0 Å². The molecule has 6 nitrogen and oxygen atoms in total. The predicted molar refractivity (Wildman–Crippen MR) is 112 cm³/mol. The molecular weight excluding hydrogens is 366 g/mol. The normalized spacial score (nSPS) is 16.4. The first-order valence-corrected chi connectivity index (χ1v) is 10.5. The van der Waals surface area contributed by atoms with Crippen LogP contribution >= 0.6 is 0 Å². The molecule has 6 heteroatoms. The SMILES string of the molecule is CCCCc1oc2ccccc2c1C(=O)N1CCC(C(O)c2nccn2C)CC1. The molecule has 3 aromatic rings. The molecule has 29 heavy (non-hydrogen) atoms. The van der Waals surface area contributed by atoms with E-state index in [1.54, 1.807) is 6.20 Å². The number of carbonyl (C=O) groups excluding carboxylic acids is 1. The number of aliphatic hydroxyl groups is 1. The van der Waals surface area contributed by atoms with Crippen molar-refractivity contribution < 1.29 is 14.3 Å². The van der Waals surface area contributed by atoms with Gasteiger partial charge in [0.2, 0.25) is 0 Å². The third-order valence-corrected chi connectivity index (χ3v) is 6.04. The highest BCUT2D eigenvalue weighted by molar-refractivity contribution is 6.07. The Morgan fingerprint density at radius 2 is 2.07 bits per heavy atom. The summed E-state index contributed by atoms with van der Waals surface area (Å²) < 4.78 is 7.90. The van der Waals surface area contributed by atoms with Gasteiger partial charge in [0.1, 0.15) is 23.3 Å². The zero-order valence-electron chi connectivity index (χ0n) is 17.2. The van der Waals surface area contributed by atoms with E-state index >= 15 is 0 Å². The number of piperidine rings is 1. The maximum absolute atomic E-state index is 13.4. The topological polar surface area (TPSA) is 71.5 Å². The van der Waals surface area contributed by atoms with Gasteiger partial charge in [-0.15, -0.1) is 0 Å². The number of rotatable bonds is 6. The van der Waals surface area contributed by atoms with Crippen molar-refractivity contribution in [3.05, 3.63) is 53.8 Å². The molecule has 1 N–H and O–H groups in total. The van der Waals surface area contributed by atoms with Crippen LogP contribution in [-0.2, 0) is 13.5 Å². The standard InChI is InChI=1S/C23H29N3O3/c1-3-4-8-19-20(17-7-5-6-9-18(17)29-19)23(28)26-13-10-16(11-14-26)21(27)22-24-12-15-25(22)2/h5-7,9,12,15-16,21,27H,3-4,8,10-11,13-14H2,1-2H3. The molecule has 0 saturated carbocycles. The Kier molecular flexibility index (Phi) is 5.72. The fourth-order valence-corrected chi connectivity index (χ4v) is 4.29. The minimum atomic E-state index is -0.595. The zero-order valence-corrected chi connectivity index (χ0v) is 17.2. The molecule has 0 radical (unpaired) electrons. The lowest BCUT2D eigenvalue weighted by molar-refractivity contribution is 0.0420. The van der Waals surface area contributed by atoms with Gasteiger partial charge in [-0.2, -0.15) is 0 Å². The fraction of sp³-hybridized carbons (Fsp3) is 0.478. The maximum atomic E-state index is 13.4. The fourth-order valence-electron chi connectivity index (χ4n) is 4.29. The van der Waals surface area contributed by atoms with E-state index in [2.05, 4.69) is 11.9 Å². The predicted octanol–water partition coefficient (Wildman–Crippen LogP) is 4.09. The van der Waals surface area contributed by atoms with Crippen LogP contribution in [0.3, 0.4) is 0 Å². The Labute approximate surface area is 171 Å². The van der Waals surface area contributed by atoms with E-state index in [0.717, 1.165) is 54.4 Å². The molecule has 1 amide bonds. The second-order valence-electron chi connectivity index (χ2n) is 7.97. The van der Waals surface area contributed by atoms with Crippen molar-refractivity contribution in [2.75, 3.05) is 13.1 Å². The molecule has 3 heterocycles. The number of aliphatic hydroxyl groups excluding tert-OH is 1. The zero-order chi connectivity index (χ0) is 20.4. The number of amides is 1. The summed E-state index contributed by atoms with van der Waals surface area (Å²) in [6, 6.07) is 7.79. The van der Waals surface area contributed by atoms with Gasteiger partial charge in [-0.25, -0.2) is 4.98 Å². The highest BCUT2D eigenvalue weighted by Gasteiger charge is 2.32. The van der Waals surface area contributed by atoms with Crippen LogP contribution < -0.4 is 0 Å². The molecule has 0 spiro atoms. The van der Waals surface area contributed by atoms with Gasteiger partial charge in [0, 0.05) is 44.3 Å². The molecule has 0 aliphatic carbocycles. The lowest BCUT2D eigenvalue weighted by atomic mass is 9.90. The number of aryl methyl sites for hydroxylation is 2. The lowest BCUT2D eigenvalue weighted by Gasteiger charge is -2.34. The molecule has 1 aliphatic heterocycles. The molecule has 2 aromatic heterocycles. The number of likely N-dealkylation sites (tertiary alicyclic amines) is 1. The first kappa shape index (κ1) is 19.7. The first-order chi connectivity index (χ1) is 14.1. The number of nitrogens with zero attached hydrogens (tertiary/aromatic N) is 3. The quantitative estimate of drug-likeness (QED) is 0.682. The Hall–Kier alpha value is -2.60. The van der Waals surface area contributed by atoms with Gasteiger partial charge in [0.15, 0.2) is 0 Å². The molecular formula is C23H29N3O3. The second-order valence-corrected chi connectivity index (χ2v) is 7.97. The summed E-state index contributed by atoms with van der Waals surface area (Å²) in [5, 5.41) is 11.6. The number of furan rings is 1. The van der Waals surface area contributed by atoms with Crippen LogP contribution in [0.4, 0.5) is 0 Å². The van der Waals surface area contributed by atoms with Crippen molar-refractivity contribution in [2.24, 2.45) is 13.0 Å². The van der Waals surface area contributed by atoms with Crippen LogP contribution in [0.2, 0.25) is 0 Å². The molecule has 1 aromatic carbocycles. The van der Waals surface area contributed by atoms with E-state index in [1.165, 1.54) is 0 Å². The maximum Gasteiger partial charge on any atom is 0.258 e. The Morgan fingerprint density at radius 3 is 2.76 bits per heavy atom. The molecule has 1 aliphatic rings. The first-order valence-electron chi connectivity index (χ1n) is 10.5. The van der Waals surface area contributed by atoms with Crippen LogP contribution in [0.25, 0.3) is 11.0 Å². The average Bonchev–Trinajstić information content (AvgIpc) is 3.34. The summed E-state index contributed by atoms with van der Waals surface area (Å²) in [4.78, 5) is 19.6. The van der Waals surface area contributed by atoms with Gasteiger partial charge in [-0.05, 0) is 31.2 Å². The van der Waals surface area contributed by atoms with E-state index in [0.29, 0.717) is 18.9 Å². The van der Waals surface area contributed by atoms with Crippen molar-refractivity contribution in [3.63, 3.8) is 0 Å². The summed E-state index contributed by atoms with van der Waals surface area (Å²) in [6.07, 6.45) is 7.32. The van der Waals surface area contributed by atoms with Gasteiger partial charge in [-0.3, -0.25) is 4.79 Å².